The fourth-order valence-corrected chi connectivity index (χ4v) is 4.64. The molecule has 2 aromatic carbocycles. The van der Waals surface area contributed by atoms with Crippen LogP contribution in [0, 0.1) is 6.92 Å². The number of fused-ring (bicyclic) bond motifs is 1. The third-order valence-electron chi connectivity index (χ3n) is 5.55. The number of thioether (sulfide) groups is 1. The van der Waals surface area contributed by atoms with E-state index >= 15 is 0 Å². The maximum absolute atomic E-state index is 11.7. The zero-order chi connectivity index (χ0) is 22.9. The van der Waals surface area contributed by atoms with Crippen molar-refractivity contribution in [3.8, 4) is 17.2 Å². The second-order valence-electron chi connectivity index (χ2n) is 8.39. The summed E-state index contributed by atoms with van der Waals surface area (Å²) in [5.41, 5.74) is 2.34. The lowest BCUT2D eigenvalue weighted by molar-refractivity contribution is -0.132. The van der Waals surface area contributed by atoms with Crippen molar-refractivity contribution in [3.63, 3.8) is 0 Å². The third kappa shape index (κ3) is 5.07. The number of amides is 2. The summed E-state index contributed by atoms with van der Waals surface area (Å²) in [5, 5.41) is 1.63. The number of ether oxygens (including phenoxy) is 3. The minimum atomic E-state index is -0.486. The SMILES string of the molecule is CC(=O)Oc1cc2c(cc1C)OC(C)(COc1ccc(CC3SC(=O)NC3=O)cc1)CC2. The Morgan fingerprint density at radius 1 is 1.25 bits per heavy atom. The molecule has 2 atom stereocenters. The van der Waals surface area contributed by atoms with Crippen LogP contribution in [0.4, 0.5) is 4.79 Å². The highest BCUT2D eigenvalue weighted by atomic mass is 32.2. The van der Waals surface area contributed by atoms with Gasteiger partial charge in [-0.15, -0.1) is 0 Å². The molecule has 0 radical (unpaired) electrons. The summed E-state index contributed by atoms with van der Waals surface area (Å²) < 4.78 is 17.5. The van der Waals surface area contributed by atoms with Gasteiger partial charge in [0.1, 0.15) is 29.5 Å². The quantitative estimate of drug-likeness (QED) is 0.520. The molecule has 2 aliphatic heterocycles. The van der Waals surface area contributed by atoms with E-state index in [0.717, 1.165) is 47.0 Å². The van der Waals surface area contributed by atoms with Crippen molar-refractivity contribution < 1.29 is 28.6 Å². The Morgan fingerprint density at radius 3 is 2.66 bits per heavy atom. The van der Waals surface area contributed by atoms with Gasteiger partial charge in [0, 0.05) is 6.92 Å². The molecule has 2 aliphatic rings. The molecule has 0 aliphatic carbocycles. The van der Waals surface area contributed by atoms with Gasteiger partial charge in [0.15, 0.2) is 0 Å². The van der Waals surface area contributed by atoms with Crippen LogP contribution in [0.5, 0.6) is 17.2 Å². The second-order valence-corrected chi connectivity index (χ2v) is 9.57. The first-order valence-corrected chi connectivity index (χ1v) is 11.3. The number of hydrogen-bond donors (Lipinski definition) is 1. The van der Waals surface area contributed by atoms with Gasteiger partial charge in [-0.1, -0.05) is 23.9 Å². The van der Waals surface area contributed by atoms with Crippen LogP contribution >= 0.6 is 11.8 Å². The Balaban J connectivity index is 1.36. The van der Waals surface area contributed by atoms with Gasteiger partial charge in [0.25, 0.3) is 5.24 Å². The average molecular weight is 456 g/mol. The molecule has 8 heteroatoms. The number of rotatable bonds is 6. The normalized spacial score (nSPS) is 22.0. The van der Waals surface area contributed by atoms with E-state index in [2.05, 4.69) is 5.32 Å². The Hall–Kier alpha value is -3.00. The van der Waals surface area contributed by atoms with E-state index in [4.69, 9.17) is 14.2 Å². The Morgan fingerprint density at radius 2 is 2.00 bits per heavy atom. The smallest absolute Gasteiger partial charge is 0.308 e. The summed E-state index contributed by atoms with van der Waals surface area (Å²) in [6.07, 6.45) is 2.06. The number of hydrogen-bond acceptors (Lipinski definition) is 7. The van der Waals surface area contributed by atoms with Crippen molar-refractivity contribution in [2.75, 3.05) is 6.61 Å². The van der Waals surface area contributed by atoms with Gasteiger partial charge in [0.05, 0.1) is 5.25 Å². The molecule has 32 heavy (non-hydrogen) atoms. The predicted molar refractivity (Wildman–Crippen MR) is 120 cm³/mol. The highest BCUT2D eigenvalue weighted by molar-refractivity contribution is 8.15. The molecule has 1 saturated heterocycles. The molecule has 2 heterocycles. The maximum atomic E-state index is 11.7. The first-order valence-electron chi connectivity index (χ1n) is 10.4. The molecule has 2 amide bonds. The van der Waals surface area contributed by atoms with Crippen LogP contribution in [-0.2, 0) is 22.4 Å². The Kier molecular flexibility index (Phi) is 6.15. The average Bonchev–Trinajstić information content (AvgIpc) is 3.05. The van der Waals surface area contributed by atoms with E-state index in [-0.39, 0.29) is 22.4 Å². The number of nitrogens with one attached hydrogen (secondary N) is 1. The predicted octanol–water partition coefficient (Wildman–Crippen LogP) is 3.98. The van der Waals surface area contributed by atoms with Gasteiger partial charge in [-0.3, -0.25) is 19.7 Å². The van der Waals surface area contributed by atoms with Crippen molar-refractivity contribution in [1.29, 1.82) is 0 Å². The van der Waals surface area contributed by atoms with E-state index < -0.39 is 5.60 Å². The molecule has 0 spiro atoms. The monoisotopic (exact) mass is 455 g/mol. The molecule has 7 nitrogen and oxygen atoms in total. The van der Waals surface area contributed by atoms with E-state index in [0.29, 0.717) is 24.5 Å². The van der Waals surface area contributed by atoms with Crippen molar-refractivity contribution in [2.24, 2.45) is 0 Å². The Labute approximate surface area is 190 Å². The largest absolute Gasteiger partial charge is 0.489 e. The number of aryl methyl sites for hydroxylation is 2. The molecule has 168 valence electrons. The number of carbonyl (C=O) groups excluding carboxylic acids is 3. The first kappa shape index (κ1) is 22.2. The van der Waals surface area contributed by atoms with Crippen molar-refractivity contribution in [2.45, 2.75) is 50.9 Å². The summed E-state index contributed by atoms with van der Waals surface area (Å²) in [7, 11) is 0. The van der Waals surface area contributed by atoms with Gasteiger partial charge in [-0.05, 0) is 74.1 Å². The fourth-order valence-electron chi connectivity index (χ4n) is 3.78. The van der Waals surface area contributed by atoms with Gasteiger partial charge in [-0.2, -0.15) is 0 Å². The van der Waals surface area contributed by atoms with Crippen molar-refractivity contribution in [3.05, 3.63) is 53.1 Å². The van der Waals surface area contributed by atoms with Crippen LogP contribution in [0.2, 0.25) is 0 Å². The zero-order valence-corrected chi connectivity index (χ0v) is 19.0. The fraction of sp³-hybridized carbons (Fsp3) is 0.375. The van der Waals surface area contributed by atoms with E-state index in [1.807, 2.05) is 50.2 Å². The van der Waals surface area contributed by atoms with Crippen LogP contribution in [-0.4, -0.2) is 34.6 Å². The van der Waals surface area contributed by atoms with Crippen molar-refractivity contribution >= 4 is 28.9 Å². The molecular weight excluding hydrogens is 430 g/mol. The molecular formula is C24H25NO6S. The Bertz CT molecular complexity index is 1070. The van der Waals surface area contributed by atoms with Crippen LogP contribution in [0.15, 0.2) is 36.4 Å². The summed E-state index contributed by atoms with van der Waals surface area (Å²) in [6, 6.07) is 11.3. The highest BCUT2D eigenvalue weighted by Gasteiger charge is 2.34. The minimum absolute atomic E-state index is 0.238. The molecule has 2 unspecified atom stereocenters. The van der Waals surface area contributed by atoms with Crippen LogP contribution in [0.1, 0.15) is 37.0 Å². The number of benzene rings is 2. The standard InChI is InChI=1S/C24H25NO6S/c1-14-10-20-17(12-19(14)30-15(2)26)8-9-24(3,31-20)13-29-18-6-4-16(5-7-18)11-21-22(27)25-23(28)32-21/h4-7,10,12,21H,8-9,11,13H2,1-3H3,(H,25,27,28). The van der Waals surface area contributed by atoms with Crippen LogP contribution in [0.25, 0.3) is 0 Å². The zero-order valence-electron chi connectivity index (χ0n) is 18.2. The lowest BCUT2D eigenvalue weighted by Crippen LogP contribution is -2.42. The minimum Gasteiger partial charge on any atom is -0.489 e. The van der Waals surface area contributed by atoms with Gasteiger partial charge >= 0.3 is 5.97 Å². The molecule has 1 N–H and O–H groups in total. The first-order chi connectivity index (χ1) is 15.2. The van der Waals surface area contributed by atoms with Gasteiger partial charge < -0.3 is 14.2 Å². The van der Waals surface area contributed by atoms with Gasteiger partial charge in [0.2, 0.25) is 5.91 Å². The molecule has 0 aromatic heterocycles. The van der Waals surface area contributed by atoms with E-state index in [1.54, 1.807) is 0 Å². The van der Waals surface area contributed by atoms with E-state index in [1.165, 1.54) is 6.92 Å². The molecule has 0 saturated carbocycles. The van der Waals surface area contributed by atoms with Crippen LogP contribution in [0.3, 0.4) is 0 Å². The maximum Gasteiger partial charge on any atom is 0.308 e. The molecule has 1 fully saturated rings. The summed E-state index contributed by atoms with van der Waals surface area (Å²) in [5.74, 6) is 1.49. The van der Waals surface area contributed by atoms with Crippen molar-refractivity contribution in [1.82, 2.24) is 5.32 Å². The lowest BCUT2D eigenvalue weighted by atomic mass is 9.92. The van der Waals surface area contributed by atoms with E-state index in [9.17, 15) is 14.4 Å². The molecule has 0 bridgehead atoms. The van der Waals surface area contributed by atoms with Gasteiger partial charge in [-0.25, -0.2) is 0 Å². The number of esters is 1. The number of imide groups is 1. The lowest BCUT2D eigenvalue weighted by Gasteiger charge is -2.36. The summed E-state index contributed by atoms with van der Waals surface area (Å²) in [4.78, 5) is 34.3. The highest BCUT2D eigenvalue weighted by Crippen LogP contribution is 2.37. The number of carbonyl (C=O) groups is 3. The second kappa shape index (κ2) is 8.86. The summed E-state index contributed by atoms with van der Waals surface area (Å²) >= 11 is 1.03. The van der Waals surface area contributed by atoms with Crippen LogP contribution < -0.4 is 19.5 Å². The topological polar surface area (TPSA) is 90.9 Å². The summed E-state index contributed by atoms with van der Waals surface area (Å²) in [6.45, 7) is 5.68. The third-order valence-corrected chi connectivity index (χ3v) is 6.53. The molecule has 4 rings (SSSR count). The molecule has 2 aromatic rings.